The van der Waals surface area contributed by atoms with E-state index in [2.05, 4.69) is 0 Å². The van der Waals surface area contributed by atoms with E-state index in [9.17, 15) is 14.7 Å². The molecule has 0 saturated carbocycles. The van der Waals surface area contributed by atoms with Crippen LogP contribution in [-0.4, -0.2) is 30.3 Å². The lowest BCUT2D eigenvalue weighted by molar-refractivity contribution is -0.160. The number of Topliss-reactive ketones (excluding diaryl/α,β-unsaturated/α-hetero) is 1. The third-order valence-electron chi connectivity index (χ3n) is 4.85. The first-order chi connectivity index (χ1) is 11.5. The zero-order chi connectivity index (χ0) is 17.5. The molecule has 6 heteroatoms. The maximum Gasteiger partial charge on any atom is 0.321 e. The highest BCUT2D eigenvalue weighted by molar-refractivity contribution is 6.15. The van der Waals surface area contributed by atoms with Crippen molar-refractivity contribution < 1.29 is 28.9 Å². The van der Waals surface area contributed by atoms with Crippen molar-refractivity contribution in [3.05, 3.63) is 35.1 Å². The van der Waals surface area contributed by atoms with Crippen LogP contribution in [0.4, 0.5) is 0 Å². The van der Waals surface area contributed by atoms with Gasteiger partial charge in [-0.3, -0.25) is 9.59 Å². The van der Waals surface area contributed by atoms with Crippen molar-refractivity contribution >= 4 is 11.8 Å². The number of ketones is 1. The number of benzene rings is 1. The van der Waals surface area contributed by atoms with Gasteiger partial charge < -0.3 is 19.3 Å². The van der Waals surface area contributed by atoms with Crippen molar-refractivity contribution in [2.75, 3.05) is 13.4 Å². The number of ether oxygens (including phenoxy) is 3. The fourth-order valence-electron chi connectivity index (χ4n) is 3.63. The van der Waals surface area contributed by atoms with Crippen molar-refractivity contribution in [2.45, 2.75) is 33.1 Å². The predicted octanol–water partition coefficient (Wildman–Crippen LogP) is 2.87. The summed E-state index contributed by atoms with van der Waals surface area (Å²) < 4.78 is 15.9. The van der Waals surface area contributed by atoms with Crippen LogP contribution in [0.2, 0.25) is 0 Å². The summed E-state index contributed by atoms with van der Waals surface area (Å²) in [4.78, 5) is 25.4. The molecule has 2 atom stereocenters. The van der Waals surface area contributed by atoms with E-state index in [1.807, 2.05) is 0 Å². The third-order valence-corrected chi connectivity index (χ3v) is 4.85. The first-order valence-electron chi connectivity index (χ1n) is 7.98. The highest BCUT2D eigenvalue weighted by Gasteiger charge is 2.59. The van der Waals surface area contributed by atoms with Crippen LogP contribution in [0.5, 0.6) is 11.5 Å². The van der Waals surface area contributed by atoms with Gasteiger partial charge in [-0.1, -0.05) is 13.0 Å². The number of allylic oxidation sites excluding steroid dienone is 2. The Hall–Kier alpha value is -2.50. The van der Waals surface area contributed by atoms with E-state index < -0.39 is 23.1 Å². The zero-order valence-electron chi connectivity index (χ0n) is 13.9. The zero-order valence-corrected chi connectivity index (χ0v) is 13.9. The SMILES string of the molecule is CCOC(=O)[C@]1(CC)C(=O)C(O)=C(C)[C@@H]1c1ccc2c(c1)OCO2. The average molecular weight is 332 g/mol. The number of aliphatic hydroxyl groups is 1. The molecule has 2 aliphatic rings. The summed E-state index contributed by atoms with van der Waals surface area (Å²) in [6.07, 6.45) is 0.227. The molecule has 1 heterocycles. The molecule has 0 unspecified atom stereocenters. The minimum Gasteiger partial charge on any atom is -0.504 e. The number of hydrogen-bond donors (Lipinski definition) is 1. The highest BCUT2D eigenvalue weighted by atomic mass is 16.7. The Bertz CT molecular complexity index is 735. The summed E-state index contributed by atoms with van der Waals surface area (Å²) >= 11 is 0. The van der Waals surface area contributed by atoms with Gasteiger partial charge in [-0.25, -0.2) is 0 Å². The first-order valence-corrected chi connectivity index (χ1v) is 7.98. The Morgan fingerprint density at radius 1 is 1.33 bits per heavy atom. The minimum absolute atomic E-state index is 0.138. The van der Waals surface area contributed by atoms with Crippen LogP contribution in [0.15, 0.2) is 29.5 Å². The normalized spacial score (nSPS) is 25.3. The lowest BCUT2D eigenvalue weighted by atomic mass is 9.69. The number of hydrogen-bond acceptors (Lipinski definition) is 6. The van der Waals surface area contributed by atoms with Gasteiger partial charge in [0.05, 0.1) is 6.61 Å². The van der Waals surface area contributed by atoms with Crippen molar-refractivity contribution in [1.82, 2.24) is 0 Å². The van der Waals surface area contributed by atoms with E-state index in [0.29, 0.717) is 22.6 Å². The molecule has 0 fully saturated rings. The molecule has 6 nitrogen and oxygen atoms in total. The second-order valence-corrected chi connectivity index (χ2v) is 5.95. The maximum absolute atomic E-state index is 12.7. The Balaban J connectivity index is 2.14. The molecule has 0 radical (unpaired) electrons. The van der Waals surface area contributed by atoms with Gasteiger partial charge >= 0.3 is 5.97 Å². The number of carbonyl (C=O) groups excluding carboxylic acids is 2. The Labute approximate surface area is 140 Å². The largest absolute Gasteiger partial charge is 0.504 e. The lowest BCUT2D eigenvalue weighted by Gasteiger charge is -2.31. The maximum atomic E-state index is 12.7. The summed E-state index contributed by atoms with van der Waals surface area (Å²) in [7, 11) is 0. The summed E-state index contributed by atoms with van der Waals surface area (Å²) in [5.74, 6) is -0.955. The smallest absolute Gasteiger partial charge is 0.321 e. The molecule has 1 N–H and O–H groups in total. The second-order valence-electron chi connectivity index (χ2n) is 5.95. The molecule has 0 bridgehead atoms. The van der Waals surface area contributed by atoms with Crippen LogP contribution in [0.25, 0.3) is 0 Å². The average Bonchev–Trinajstić information content (AvgIpc) is 3.11. The molecular weight excluding hydrogens is 312 g/mol. The van der Waals surface area contributed by atoms with Gasteiger partial charge in [0.2, 0.25) is 12.6 Å². The molecule has 0 saturated heterocycles. The summed E-state index contributed by atoms with van der Waals surface area (Å²) in [6, 6.07) is 5.29. The van der Waals surface area contributed by atoms with Gasteiger partial charge in [0, 0.05) is 5.92 Å². The first kappa shape index (κ1) is 16.4. The van der Waals surface area contributed by atoms with Crippen LogP contribution in [0.1, 0.15) is 38.7 Å². The second kappa shape index (κ2) is 5.85. The summed E-state index contributed by atoms with van der Waals surface area (Å²) in [6.45, 7) is 5.41. The van der Waals surface area contributed by atoms with E-state index in [0.717, 1.165) is 0 Å². The number of carbonyl (C=O) groups is 2. The predicted molar refractivity (Wildman–Crippen MR) is 85.0 cm³/mol. The fourth-order valence-corrected chi connectivity index (χ4v) is 3.63. The molecule has 0 aromatic heterocycles. The molecule has 128 valence electrons. The van der Waals surface area contributed by atoms with E-state index in [-0.39, 0.29) is 25.6 Å². The van der Waals surface area contributed by atoms with Crippen LogP contribution in [-0.2, 0) is 14.3 Å². The van der Waals surface area contributed by atoms with Crippen LogP contribution >= 0.6 is 0 Å². The number of aliphatic hydroxyl groups excluding tert-OH is 1. The van der Waals surface area contributed by atoms with E-state index in [1.54, 1.807) is 39.0 Å². The van der Waals surface area contributed by atoms with Gasteiger partial charge in [0.15, 0.2) is 17.3 Å². The molecule has 1 aliphatic heterocycles. The van der Waals surface area contributed by atoms with E-state index >= 15 is 0 Å². The molecule has 0 spiro atoms. The molecule has 0 amide bonds. The van der Waals surface area contributed by atoms with Crippen molar-refractivity contribution in [1.29, 1.82) is 0 Å². The van der Waals surface area contributed by atoms with Crippen LogP contribution < -0.4 is 9.47 Å². The molecular formula is C18H20O6. The Kier molecular flexibility index (Phi) is 3.99. The summed E-state index contributed by atoms with van der Waals surface area (Å²) in [5.41, 5.74) is -0.268. The van der Waals surface area contributed by atoms with Gasteiger partial charge in [-0.05, 0) is 43.5 Å². The van der Waals surface area contributed by atoms with Gasteiger partial charge in [-0.15, -0.1) is 0 Å². The van der Waals surface area contributed by atoms with Crippen molar-refractivity contribution in [3.63, 3.8) is 0 Å². The molecule has 1 aliphatic carbocycles. The summed E-state index contributed by atoms with van der Waals surface area (Å²) in [5, 5.41) is 10.2. The quantitative estimate of drug-likeness (QED) is 0.674. The van der Waals surface area contributed by atoms with E-state index in [4.69, 9.17) is 14.2 Å². The van der Waals surface area contributed by atoms with E-state index in [1.165, 1.54) is 0 Å². The molecule has 24 heavy (non-hydrogen) atoms. The number of rotatable bonds is 4. The van der Waals surface area contributed by atoms with Gasteiger partial charge in [-0.2, -0.15) is 0 Å². The Morgan fingerprint density at radius 2 is 2.04 bits per heavy atom. The molecule has 1 aromatic rings. The Morgan fingerprint density at radius 3 is 2.71 bits per heavy atom. The third kappa shape index (κ3) is 2.09. The van der Waals surface area contributed by atoms with Crippen molar-refractivity contribution in [2.24, 2.45) is 5.41 Å². The fraction of sp³-hybridized carbons (Fsp3) is 0.444. The monoisotopic (exact) mass is 332 g/mol. The van der Waals surface area contributed by atoms with Gasteiger partial charge in [0.25, 0.3) is 0 Å². The molecule has 3 rings (SSSR count). The lowest BCUT2D eigenvalue weighted by Crippen LogP contribution is -2.42. The van der Waals surface area contributed by atoms with Crippen molar-refractivity contribution in [3.8, 4) is 11.5 Å². The standard InChI is InChI=1S/C18H20O6/c1-4-18(17(21)22-5-2)14(10(3)15(19)16(18)20)11-6-7-12-13(8-11)24-9-23-12/h6-8,14,19H,4-5,9H2,1-3H3/t14-,18+/m1/s1. The minimum atomic E-state index is -1.45. The van der Waals surface area contributed by atoms with Gasteiger partial charge in [0.1, 0.15) is 5.41 Å². The van der Waals surface area contributed by atoms with Crippen LogP contribution in [0.3, 0.4) is 0 Å². The number of esters is 1. The number of fused-ring (bicyclic) bond motifs is 1. The highest BCUT2D eigenvalue weighted by Crippen LogP contribution is 2.53. The van der Waals surface area contributed by atoms with Crippen LogP contribution in [0, 0.1) is 5.41 Å². The molecule has 1 aromatic carbocycles. The topological polar surface area (TPSA) is 82.1 Å².